The first-order valence-corrected chi connectivity index (χ1v) is 15.3. The first kappa shape index (κ1) is 27.7. The fourth-order valence-electron chi connectivity index (χ4n) is 6.69. The first-order valence-electron chi connectivity index (χ1n) is 15.3. The average molecular weight is 607 g/mol. The number of rotatable bonds is 7. The number of H-pyrrole nitrogens is 1. The lowest BCUT2D eigenvalue weighted by molar-refractivity contribution is -0.0712. The van der Waals surface area contributed by atoms with Crippen LogP contribution < -0.4 is 9.47 Å². The SMILES string of the molecule is CC1(c2ccc(C#N)cc2F)Oc2cccc(C3CCN(Cc4nc5ccc(-c6nnn[nH]6)cc5n4C[C@@H]4CCO4)CC3)c2O1. The Bertz CT molecular complexity index is 1920. The molecule has 228 valence electrons. The molecule has 5 heterocycles. The third kappa shape index (κ3) is 4.98. The zero-order valence-electron chi connectivity index (χ0n) is 24.7. The summed E-state index contributed by atoms with van der Waals surface area (Å²) in [5.74, 6) is 1.34. The van der Waals surface area contributed by atoms with Crippen LogP contribution in [0.3, 0.4) is 0 Å². The standard InChI is InChI=1S/C33H31FN8O3/c1-33(25-7-5-20(17-35)15-26(25)34)44-29-4-2-3-24(31(29)45-33)21-9-12-41(13-10-21)19-30-36-27-8-6-22(32-37-39-40-38-32)16-28(27)42(30)18-23-11-14-43-23/h2-8,15-16,21,23H,9-14,18-19H2,1H3,(H,37,38,39,40)/t23-,33?/m0/s1. The number of nitrogens with one attached hydrogen (secondary N) is 1. The zero-order chi connectivity index (χ0) is 30.5. The summed E-state index contributed by atoms with van der Waals surface area (Å²) in [7, 11) is 0. The molecule has 0 spiro atoms. The molecule has 3 aliphatic rings. The van der Waals surface area contributed by atoms with E-state index in [9.17, 15) is 4.39 Å². The van der Waals surface area contributed by atoms with Crippen LogP contribution in [0.25, 0.3) is 22.4 Å². The van der Waals surface area contributed by atoms with E-state index in [1.54, 1.807) is 19.1 Å². The molecule has 8 rings (SSSR count). The Morgan fingerprint density at radius 1 is 1.09 bits per heavy atom. The number of nitrogens with zero attached hydrogens (tertiary/aromatic N) is 7. The van der Waals surface area contributed by atoms with Crippen LogP contribution >= 0.6 is 0 Å². The van der Waals surface area contributed by atoms with Crippen LogP contribution in [0.5, 0.6) is 11.5 Å². The predicted octanol–water partition coefficient (Wildman–Crippen LogP) is 5.04. The van der Waals surface area contributed by atoms with Crippen LogP contribution in [0.15, 0.2) is 54.6 Å². The van der Waals surface area contributed by atoms with Crippen molar-refractivity contribution in [2.45, 2.75) is 57.1 Å². The second-order valence-electron chi connectivity index (χ2n) is 12.1. The van der Waals surface area contributed by atoms with Crippen molar-refractivity contribution in [2.75, 3.05) is 19.7 Å². The number of hydrogen-bond acceptors (Lipinski definition) is 9. The highest BCUT2D eigenvalue weighted by atomic mass is 19.1. The van der Waals surface area contributed by atoms with Crippen LogP contribution in [-0.2, 0) is 23.6 Å². The second kappa shape index (κ2) is 10.9. The molecule has 1 N–H and O–H groups in total. The topological polar surface area (TPSA) is 127 Å². The molecule has 0 aliphatic carbocycles. The Morgan fingerprint density at radius 3 is 2.69 bits per heavy atom. The summed E-state index contributed by atoms with van der Waals surface area (Å²) in [4.78, 5) is 7.50. The van der Waals surface area contributed by atoms with Gasteiger partial charge in [0.2, 0.25) is 0 Å². The average Bonchev–Trinajstić information content (AvgIpc) is 3.76. The molecule has 5 aromatic rings. The molecule has 0 bridgehead atoms. The van der Waals surface area contributed by atoms with Gasteiger partial charge in [-0.25, -0.2) is 14.5 Å². The smallest absolute Gasteiger partial charge is 0.278 e. The Hall–Kier alpha value is -4.86. The van der Waals surface area contributed by atoms with Gasteiger partial charge in [-0.1, -0.05) is 12.1 Å². The van der Waals surface area contributed by atoms with E-state index in [2.05, 4.69) is 42.2 Å². The van der Waals surface area contributed by atoms with Crippen molar-refractivity contribution in [1.29, 1.82) is 5.26 Å². The number of likely N-dealkylation sites (tertiary alicyclic amines) is 1. The highest BCUT2D eigenvalue weighted by molar-refractivity contribution is 5.81. The van der Waals surface area contributed by atoms with E-state index in [-0.39, 0.29) is 23.1 Å². The lowest BCUT2D eigenvalue weighted by Gasteiger charge is -2.33. The van der Waals surface area contributed by atoms with Gasteiger partial charge in [-0.2, -0.15) is 5.26 Å². The number of para-hydroxylation sites is 1. The summed E-state index contributed by atoms with van der Waals surface area (Å²) >= 11 is 0. The molecule has 0 radical (unpaired) electrons. The maximum Gasteiger partial charge on any atom is 0.278 e. The van der Waals surface area contributed by atoms with Crippen molar-refractivity contribution in [3.63, 3.8) is 0 Å². The number of aromatic nitrogens is 6. The molecule has 12 heteroatoms. The Balaban J connectivity index is 0.998. The first-order chi connectivity index (χ1) is 22.0. The van der Waals surface area contributed by atoms with E-state index in [1.807, 2.05) is 30.3 Å². The van der Waals surface area contributed by atoms with E-state index in [1.165, 1.54) is 6.07 Å². The molecule has 45 heavy (non-hydrogen) atoms. The summed E-state index contributed by atoms with van der Waals surface area (Å²) in [5.41, 5.74) is 4.49. The van der Waals surface area contributed by atoms with Crippen molar-refractivity contribution >= 4 is 11.0 Å². The lowest BCUT2D eigenvalue weighted by atomic mass is 9.88. The van der Waals surface area contributed by atoms with Crippen LogP contribution in [0, 0.1) is 17.1 Å². The van der Waals surface area contributed by atoms with E-state index >= 15 is 0 Å². The van der Waals surface area contributed by atoms with Crippen molar-refractivity contribution in [2.24, 2.45) is 0 Å². The number of benzene rings is 3. The van der Waals surface area contributed by atoms with Crippen LogP contribution in [-0.4, -0.2) is 60.9 Å². The number of aromatic amines is 1. The van der Waals surface area contributed by atoms with Gasteiger partial charge < -0.3 is 18.8 Å². The van der Waals surface area contributed by atoms with Gasteiger partial charge in [-0.05, 0) is 91.2 Å². The zero-order valence-corrected chi connectivity index (χ0v) is 24.7. The molecule has 3 aliphatic heterocycles. The molecular weight excluding hydrogens is 575 g/mol. The van der Waals surface area contributed by atoms with Crippen LogP contribution in [0.1, 0.15) is 54.6 Å². The van der Waals surface area contributed by atoms with Gasteiger partial charge in [0.1, 0.15) is 11.6 Å². The van der Waals surface area contributed by atoms with E-state index < -0.39 is 11.6 Å². The number of tetrazole rings is 1. The Morgan fingerprint density at radius 2 is 1.96 bits per heavy atom. The molecule has 0 saturated carbocycles. The van der Waals surface area contributed by atoms with Gasteiger partial charge in [0.05, 0.1) is 47.4 Å². The molecule has 1 unspecified atom stereocenters. The van der Waals surface area contributed by atoms with Gasteiger partial charge in [0, 0.05) is 24.7 Å². The molecule has 2 fully saturated rings. The maximum atomic E-state index is 15.0. The normalized spacial score (nSPS) is 21.6. The van der Waals surface area contributed by atoms with Gasteiger partial charge in [0.15, 0.2) is 17.3 Å². The van der Waals surface area contributed by atoms with E-state index in [0.29, 0.717) is 17.3 Å². The van der Waals surface area contributed by atoms with Crippen molar-refractivity contribution < 1.29 is 18.6 Å². The number of ether oxygens (including phenoxy) is 3. The predicted molar refractivity (Wildman–Crippen MR) is 161 cm³/mol. The molecule has 2 saturated heterocycles. The summed E-state index contributed by atoms with van der Waals surface area (Å²) in [6.07, 6.45) is 3.11. The Kier molecular flexibility index (Phi) is 6.73. The number of imidazole rings is 1. The van der Waals surface area contributed by atoms with Crippen LogP contribution in [0.4, 0.5) is 4.39 Å². The largest absolute Gasteiger partial charge is 0.444 e. The Labute approximate surface area is 258 Å². The summed E-state index contributed by atoms with van der Waals surface area (Å²) < 4.78 is 35.6. The molecule has 0 amide bonds. The summed E-state index contributed by atoms with van der Waals surface area (Å²) in [5, 5.41) is 23.5. The lowest BCUT2D eigenvalue weighted by Crippen LogP contribution is -2.35. The highest BCUT2D eigenvalue weighted by Crippen LogP contribution is 2.49. The number of nitriles is 1. The monoisotopic (exact) mass is 606 g/mol. The maximum absolute atomic E-state index is 15.0. The van der Waals surface area contributed by atoms with Gasteiger partial charge in [-0.15, -0.1) is 5.10 Å². The third-order valence-corrected chi connectivity index (χ3v) is 9.22. The molecule has 2 atom stereocenters. The minimum absolute atomic E-state index is 0.188. The number of hydrogen-bond donors (Lipinski definition) is 1. The molecular formula is C33H31FN8O3. The molecule has 11 nitrogen and oxygen atoms in total. The van der Waals surface area contributed by atoms with Crippen LogP contribution in [0.2, 0.25) is 0 Å². The van der Waals surface area contributed by atoms with E-state index in [0.717, 1.165) is 80.0 Å². The minimum Gasteiger partial charge on any atom is -0.444 e. The van der Waals surface area contributed by atoms with E-state index in [4.69, 9.17) is 24.5 Å². The fraction of sp³-hybridized carbons (Fsp3) is 0.364. The number of piperidine rings is 1. The molecule has 3 aromatic carbocycles. The number of fused-ring (bicyclic) bond motifs is 2. The van der Waals surface area contributed by atoms with Gasteiger partial charge in [-0.3, -0.25) is 4.90 Å². The summed E-state index contributed by atoms with van der Waals surface area (Å²) in [6, 6.07) is 18.4. The molecule has 2 aromatic heterocycles. The highest BCUT2D eigenvalue weighted by Gasteiger charge is 2.43. The second-order valence-corrected chi connectivity index (χ2v) is 12.1. The van der Waals surface area contributed by atoms with Gasteiger partial charge >= 0.3 is 0 Å². The minimum atomic E-state index is -1.32. The third-order valence-electron chi connectivity index (χ3n) is 9.22. The van der Waals surface area contributed by atoms with Crippen molar-refractivity contribution in [1.82, 2.24) is 35.1 Å². The quantitative estimate of drug-likeness (QED) is 0.271. The van der Waals surface area contributed by atoms with Crippen molar-refractivity contribution in [3.05, 3.63) is 82.9 Å². The number of halogens is 1. The van der Waals surface area contributed by atoms with Crippen molar-refractivity contribution in [3.8, 4) is 29.0 Å². The summed E-state index contributed by atoms with van der Waals surface area (Å²) in [6.45, 7) is 5.80. The fourth-order valence-corrected chi connectivity index (χ4v) is 6.69. The van der Waals surface area contributed by atoms with Gasteiger partial charge in [0.25, 0.3) is 5.79 Å².